The van der Waals surface area contributed by atoms with Gasteiger partial charge in [0.25, 0.3) is 5.91 Å². The fraction of sp³-hybridized carbons (Fsp3) is 0.361. The minimum absolute atomic E-state index is 0.00796. The first-order chi connectivity index (χ1) is 20.5. The SMILES string of the molecule is C#CCN(CC#C)CCN1C(=O)c2ccccc2C12c1ccc(N(CC)CC)cc1Oc1cc(N(CC)CC)ccc12. The summed E-state index contributed by atoms with van der Waals surface area (Å²) in [6.45, 7) is 14.0. The first kappa shape index (κ1) is 29.1. The van der Waals surface area contributed by atoms with E-state index in [1.165, 1.54) is 0 Å². The molecule has 0 bridgehead atoms. The molecule has 0 atom stereocenters. The largest absolute Gasteiger partial charge is 0.456 e. The molecule has 1 amide bonds. The maximum atomic E-state index is 14.3. The van der Waals surface area contributed by atoms with E-state index in [1.54, 1.807) is 0 Å². The molecule has 2 heterocycles. The third-order valence-corrected chi connectivity index (χ3v) is 8.65. The first-order valence-corrected chi connectivity index (χ1v) is 15.0. The summed E-state index contributed by atoms with van der Waals surface area (Å²) in [5, 5.41) is 0. The number of benzene rings is 3. The number of carbonyl (C=O) groups is 1. The Morgan fingerprint density at radius 2 is 1.29 bits per heavy atom. The van der Waals surface area contributed by atoms with Gasteiger partial charge in [-0.25, -0.2) is 0 Å². The van der Waals surface area contributed by atoms with Crippen LogP contribution in [0, 0.1) is 24.7 Å². The quantitative estimate of drug-likeness (QED) is 0.277. The second-order valence-corrected chi connectivity index (χ2v) is 10.6. The molecule has 0 fully saturated rings. The van der Waals surface area contributed by atoms with E-state index in [1.807, 2.05) is 28.0 Å². The van der Waals surface area contributed by atoms with Gasteiger partial charge in [-0.05, 0) is 51.5 Å². The summed E-state index contributed by atoms with van der Waals surface area (Å²) >= 11 is 0. The van der Waals surface area contributed by atoms with Crippen LogP contribution in [0.5, 0.6) is 11.5 Å². The van der Waals surface area contributed by atoms with Gasteiger partial charge < -0.3 is 19.4 Å². The molecule has 216 valence electrons. The topological polar surface area (TPSA) is 39.3 Å². The van der Waals surface area contributed by atoms with Crippen molar-refractivity contribution in [3.8, 4) is 36.2 Å². The summed E-state index contributed by atoms with van der Waals surface area (Å²) in [4.78, 5) is 23.0. The molecular weight excluding hydrogens is 520 g/mol. The predicted octanol–water partition coefficient (Wildman–Crippen LogP) is 5.80. The highest BCUT2D eigenvalue weighted by Gasteiger charge is 2.56. The number of terminal acetylenes is 2. The molecule has 2 aliphatic heterocycles. The van der Waals surface area contributed by atoms with Gasteiger partial charge in [-0.2, -0.15) is 0 Å². The number of rotatable bonds is 11. The summed E-state index contributed by atoms with van der Waals surface area (Å²) < 4.78 is 6.77. The Balaban J connectivity index is 1.76. The van der Waals surface area contributed by atoms with Crippen molar-refractivity contribution >= 4 is 17.3 Å². The van der Waals surface area contributed by atoms with Gasteiger partial charge in [-0.15, -0.1) is 12.8 Å². The van der Waals surface area contributed by atoms with Crippen LogP contribution < -0.4 is 14.5 Å². The molecule has 0 aliphatic carbocycles. The average molecular weight is 561 g/mol. The van der Waals surface area contributed by atoms with Crippen LogP contribution >= 0.6 is 0 Å². The Labute approximate surface area is 250 Å². The number of amides is 1. The Morgan fingerprint density at radius 1 is 0.762 bits per heavy atom. The van der Waals surface area contributed by atoms with Crippen molar-refractivity contribution in [3.63, 3.8) is 0 Å². The lowest BCUT2D eigenvalue weighted by molar-refractivity contribution is 0.0643. The first-order valence-electron chi connectivity index (χ1n) is 15.0. The monoisotopic (exact) mass is 560 g/mol. The van der Waals surface area contributed by atoms with Crippen LogP contribution in [0.15, 0.2) is 60.7 Å². The molecule has 0 saturated carbocycles. The number of carbonyl (C=O) groups excluding carboxylic acids is 1. The minimum Gasteiger partial charge on any atom is -0.456 e. The number of hydrogen-bond acceptors (Lipinski definition) is 5. The fourth-order valence-corrected chi connectivity index (χ4v) is 6.62. The number of anilines is 2. The van der Waals surface area contributed by atoms with Gasteiger partial charge in [0.15, 0.2) is 0 Å². The van der Waals surface area contributed by atoms with Crippen molar-refractivity contribution in [2.75, 3.05) is 62.2 Å². The average Bonchev–Trinajstić information content (AvgIpc) is 3.25. The Morgan fingerprint density at radius 3 is 1.79 bits per heavy atom. The van der Waals surface area contributed by atoms with Gasteiger partial charge in [0.05, 0.1) is 13.1 Å². The zero-order valence-corrected chi connectivity index (χ0v) is 25.2. The molecule has 2 aliphatic rings. The molecule has 0 aromatic heterocycles. The van der Waals surface area contributed by atoms with E-state index in [2.05, 4.69) is 91.8 Å². The smallest absolute Gasteiger partial charge is 0.255 e. The molecule has 5 rings (SSSR count). The van der Waals surface area contributed by atoms with Gasteiger partial charge >= 0.3 is 0 Å². The Bertz CT molecular complexity index is 1460. The molecule has 3 aromatic carbocycles. The highest BCUT2D eigenvalue weighted by Crippen LogP contribution is 2.58. The lowest BCUT2D eigenvalue weighted by Gasteiger charge is -2.45. The molecular formula is C36H40N4O2. The van der Waals surface area contributed by atoms with Crippen molar-refractivity contribution < 1.29 is 9.53 Å². The predicted molar refractivity (Wildman–Crippen MR) is 172 cm³/mol. The highest BCUT2D eigenvalue weighted by molar-refractivity contribution is 6.02. The van der Waals surface area contributed by atoms with Gasteiger partial charge in [-0.3, -0.25) is 9.69 Å². The molecule has 3 aromatic rings. The number of hydrogen-bond donors (Lipinski definition) is 0. The summed E-state index contributed by atoms with van der Waals surface area (Å²) in [5.74, 6) is 6.95. The lowest BCUT2D eigenvalue weighted by atomic mass is 9.74. The minimum atomic E-state index is -0.863. The molecule has 1 spiro atoms. The second-order valence-electron chi connectivity index (χ2n) is 10.6. The van der Waals surface area contributed by atoms with Crippen LogP contribution in [0.3, 0.4) is 0 Å². The van der Waals surface area contributed by atoms with Gasteiger partial charge in [0.1, 0.15) is 17.0 Å². The van der Waals surface area contributed by atoms with Crippen molar-refractivity contribution in [1.29, 1.82) is 0 Å². The van der Waals surface area contributed by atoms with Crippen LogP contribution in [-0.2, 0) is 5.54 Å². The highest BCUT2D eigenvalue weighted by atomic mass is 16.5. The summed E-state index contributed by atoms with van der Waals surface area (Å²) in [5.41, 5.74) is 4.91. The zero-order chi connectivity index (χ0) is 29.9. The molecule has 0 N–H and O–H groups in total. The van der Waals surface area contributed by atoms with Crippen LogP contribution in [-0.4, -0.2) is 68.1 Å². The zero-order valence-electron chi connectivity index (χ0n) is 25.2. The third-order valence-electron chi connectivity index (χ3n) is 8.65. The van der Waals surface area contributed by atoms with E-state index in [-0.39, 0.29) is 5.91 Å². The van der Waals surface area contributed by atoms with E-state index < -0.39 is 5.54 Å². The van der Waals surface area contributed by atoms with Crippen LogP contribution in [0.1, 0.15) is 54.7 Å². The van der Waals surface area contributed by atoms with Gasteiger partial charge in [0.2, 0.25) is 0 Å². The van der Waals surface area contributed by atoms with E-state index >= 15 is 0 Å². The maximum absolute atomic E-state index is 14.3. The van der Waals surface area contributed by atoms with E-state index in [9.17, 15) is 4.79 Å². The Kier molecular flexibility index (Phi) is 8.48. The molecule has 42 heavy (non-hydrogen) atoms. The fourth-order valence-electron chi connectivity index (χ4n) is 6.62. The van der Waals surface area contributed by atoms with Crippen molar-refractivity contribution in [3.05, 3.63) is 82.9 Å². The summed E-state index contributed by atoms with van der Waals surface area (Å²) in [7, 11) is 0. The molecule has 0 unspecified atom stereocenters. The molecule has 6 nitrogen and oxygen atoms in total. The van der Waals surface area contributed by atoms with E-state index in [0.717, 1.165) is 65.7 Å². The maximum Gasteiger partial charge on any atom is 0.255 e. The standard InChI is InChI=1S/C36H40N4O2/c1-7-21-37(22-8-2)23-24-40-35(41)29-15-13-14-16-30(29)36(40)31-19-17-27(38(9-3)10-4)25-33(31)42-34-26-28(18-20-32(34)36)39(11-5)12-6/h1-2,13-20,25-26H,9-12,21-24H2,3-6H3. The number of ether oxygens (including phenoxy) is 1. The summed E-state index contributed by atoms with van der Waals surface area (Å²) in [6, 6.07) is 20.8. The lowest BCUT2D eigenvalue weighted by Crippen LogP contribution is -2.50. The Hall–Kier alpha value is -4.39. The van der Waals surface area contributed by atoms with E-state index in [0.29, 0.717) is 31.7 Å². The van der Waals surface area contributed by atoms with E-state index in [4.69, 9.17) is 17.6 Å². The number of fused-ring (bicyclic) bond motifs is 6. The van der Waals surface area contributed by atoms with Crippen LogP contribution in [0.25, 0.3) is 0 Å². The van der Waals surface area contributed by atoms with Gasteiger partial charge in [-0.1, -0.05) is 42.2 Å². The second kappa shape index (κ2) is 12.2. The van der Waals surface area contributed by atoms with Crippen molar-refractivity contribution in [2.45, 2.75) is 33.2 Å². The van der Waals surface area contributed by atoms with Crippen LogP contribution in [0.2, 0.25) is 0 Å². The molecule has 0 saturated heterocycles. The summed E-state index contributed by atoms with van der Waals surface area (Å²) in [6.07, 6.45) is 11.3. The molecule has 0 radical (unpaired) electrons. The normalized spacial score (nSPS) is 14.1. The van der Waals surface area contributed by atoms with Crippen LogP contribution in [0.4, 0.5) is 11.4 Å². The molecule has 6 heteroatoms. The number of nitrogens with zero attached hydrogens (tertiary/aromatic N) is 4. The third kappa shape index (κ3) is 4.67. The van der Waals surface area contributed by atoms with Crippen molar-refractivity contribution in [1.82, 2.24) is 9.80 Å². The van der Waals surface area contributed by atoms with Crippen molar-refractivity contribution in [2.24, 2.45) is 0 Å². The van der Waals surface area contributed by atoms with Gasteiger partial charge in [0, 0.05) is 79.5 Å².